The van der Waals surface area contributed by atoms with Crippen LogP contribution in [0.4, 0.5) is 18.9 Å². The van der Waals surface area contributed by atoms with Crippen molar-refractivity contribution < 1.29 is 32.2 Å². The molecule has 1 amide bonds. The molecule has 0 aliphatic heterocycles. The van der Waals surface area contributed by atoms with Crippen molar-refractivity contribution >= 4 is 34.6 Å². The van der Waals surface area contributed by atoms with Crippen LogP contribution in [0.15, 0.2) is 102 Å². The van der Waals surface area contributed by atoms with Gasteiger partial charge in [0.2, 0.25) is 0 Å². The number of benzene rings is 4. The summed E-state index contributed by atoms with van der Waals surface area (Å²) < 4.78 is 50.3. The van der Waals surface area contributed by atoms with Gasteiger partial charge in [0.1, 0.15) is 5.75 Å². The lowest BCUT2D eigenvalue weighted by molar-refractivity contribution is -0.149. The van der Waals surface area contributed by atoms with Crippen LogP contribution in [0.3, 0.4) is 0 Å². The lowest BCUT2D eigenvalue weighted by atomic mass is 10.1. The standard InChI is InChI=1S/C28H21F3N2O4/c29-28(30,31)22-12-7-13-23(16-22)33(32-17-20-8-2-1-3-9-20)26(34)18-37-27(35)19-36-25-15-6-11-21-10-4-5-14-24(21)25/h1-17H,18-19H2/b32-17-. The topological polar surface area (TPSA) is 68.2 Å². The van der Waals surface area contributed by atoms with Crippen LogP contribution >= 0.6 is 0 Å². The molecule has 4 rings (SSSR count). The number of carbonyl (C=O) groups is 2. The van der Waals surface area contributed by atoms with Gasteiger partial charge in [-0.2, -0.15) is 23.3 Å². The number of hydrazone groups is 1. The van der Waals surface area contributed by atoms with Crippen molar-refractivity contribution in [3.8, 4) is 5.75 Å². The van der Waals surface area contributed by atoms with Gasteiger partial charge in [-0.05, 0) is 35.2 Å². The molecular weight excluding hydrogens is 485 g/mol. The first-order valence-corrected chi connectivity index (χ1v) is 11.2. The number of esters is 1. The molecule has 0 spiro atoms. The Morgan fingerprint density at radius 1 is 0.838 bits per heavy atom. The van der Waals surface area contributed by atoms with E-state index >= 15 is 0 Å². The first-order valence-electron chi connectivity index (χ1n) is 11.2. The maximum absolute atomic E-state index is 13.2. The molecule has 0 unspecified atom stereocenters. The molecule has 0 heterocycles. The minimum Gasteiger partial charge on any atom is -0.481 e. The van der Waals surface area contributed by atoms with Gasteiger partial charge in [0.05, 0.1) is 17.5 Å². The number of amides is 1. The molecule has 9 heteroatoms. The van der Waals surface area contributed by atoms with Gasteiger partial charge in [0.25, 0.3) is 5.91 Å². The third-order valence-corrected chi connectivity index (χ3v) is 5.23. The molecule has 6 nitrogen and oxygen atoms in total. The zero-order valence-electron chi connectivity index (χ0n) is 19.4. The van der Waals surface area contributed by atoms with E-state index < -0.39 is 36.8 Å². The van der Waals surface area contributed by atoms with Crippen molar-refractivity contribution in [2.24, 2.45) is 5.10 Å². The molecule has 37 heavy (non-hydrogen) atoms. The number of hydrogen-bond acceptors (Lipinski definition) is 5. The second kappa shape index (κ2) is 11.4. The maximum atomic E-state index is 13.2. The Kier molecular flexibility index (Phi) is 7.83. The van der Waals surface area contributed by atoms with Gasteiger partial charge in [0.15, 0.2) is 13.2 Å². The van der Waals surface area contributed by atoms with Crippen LogP contribution in [-0.2, 0) is 20.5 Å². The van der Waals surface area contributed by atoms with Crippen LogP contribution in [0.5, 0.6) is 5.75 Å². The summed E-state index contributed by atoms with van der Waals surface area (Å²) in [7, 11) is 0. The van der Waals surface area contributed by atoms with E-state index in [-0.39, 0.29) is 5.69 Å². The largest absolute Gasteiger partial charge is 0.481 e. The predicted octanol–water partition coefficient (Wildman–Crippen LogP) is 5.85. The van der Waals surface area contributed by atoms with E-state index in [1.54, 1.807) is 42.5 Å². The summed E-state index contributed by atoms with van der Waals surface area (Å²) in [5.74, 6) is -1.19. The summed E-state index contributed by atoms with van der Waals surface area (Å²) in [5.41, 5.74) is -0.457. The van der Waals surface area contributed by atoms with Crippen LogP contribution in [0, 0.1) is 0 Å². The summed E-state index contributed by atoms with van der Waals surface area (Å²) in [4.78, 5) is 25.2. The number of fused-ring (bicyclic) bond motifs is 1. The fourth-order valence-corrected chi connectivity index (χ4v) is 3.46. The lowest BCUT2D eigenvalue weighted by Crippen LogP contribution is -2.31. The first-order chi connectivity index (χ1) is 17.8. The highest BCUT2D eigenvalue weighted by molar-refractivity contribution is 5.97. The van der Waals surface area contributed by atoms with Crippen molar-refractivity contribution in [1.29, 1.82) is 0 Å². The average molecular weight is 506 g/mol. The number of nitrogens with zero attached hydrogens (tertiary/aromatic N) is 2. The van der Waals surface area contributed by atoms with Crippen molar-refractivity contribution in [1.82, 2.24) is 0 Å². The second-order valence-electron chi connectivity index (χ2n) is 7.84. The highest BCUT2D eigenvalue weighted by Crippen LogP contribution is 2.32. The molecule has 0 aromatic heterocycles. The Labute approximate surface area is 210 Å². The van der Waals surface area contributed by atoms with Crippen molar-refractivity contribution in [2.45, 2.75) is 6.18 Å². The summed E-state index contributed by atoms with van der Waals surface area (Å²) in [5, 5.41) is 6.56. The quantitative estimate of drug-likeness (QED) is 0.171. The van der Waals surface area contributed by atoms with E-state index in [4.69, 9.17) is 9.47 Å². The molecule has 0 aliphatic rings. The Hall–Kier alpha value is -4.66. The van der Waals surface area contributed by atoms with Crippen LogP contribution in [0.1, 0.15) is 11.1 Å². The van der Waals surface area contributed by atoms with Gasteiger partial charge in [-0.1, -0.05) is 72.8 Å². The smallest absolute Gasteiger partial charge is 0.416 e. The number of rotatable bonds is 8. The SMILES string of the molecule is O=C(COc1cccc2ccccc12)OCC(=O)N(/N=C\c1ccccc1)c1cccc(C(F)(F)F)c1. The van der Waals surface area contributed by atoms with Gasteiger partial charge in [-0.25, -0.2) is 4.79 Å². The summed E-state index contributed by atoms with van der Waals surface area (Å²) in [6.45, 7) is -1.21. The number of anilines is 1. The van der Waals surface area contributed by atoms with Gasteiger partial charge in [0, 0.05) is 5.39 Å². The molecule has 4 aromatic rings. The molecule has 0 saturated carbocycles. The fraction of sp³-hybridized carbons (Fsp3) is 0.107. The van der Waals surface area contributed by atoms with Crippen LogP contribution < -0.4 is 9.75 Å². The number of alkyl halides is 3. The zero-order valence-corrected chi connectivity index (χ0v) is 19.4. The normalized spacial score (nSPS) is 11.4. The Bertz CT molecular complexity index is 1420. The van der Waals surface area contributed by atoms with Gasteiger partial charge in [-0.15, -0.1) is 0 Å². The highest BCUT2D eigenvalue weighted by Gasteiger charge is 2.31. The Morgan fingerprint density at radius 3 is 2.32 bits per heavy atom. The van der Waals surface area contributed by atoms with E-state index in [0.717, 1.165) is 27.9 Å². The van der Waals surface area contributed by atoms with Gasteiger partial charge < -0.3 is 9.47 Å². The molecule has 0 radical (unpaired) electrons. The minimum atomic E-state index is -4.61. The lowest BCUT2D eigenvalue weighted by Gasteiger charge is -2.18. The van der Waals surface area contributed by atoms with Crippen molar-refractivity contribution in [3.63, 3.8) is 0 Å². The zero-order chi connectivity index (χ0) is 26.3. The molecule has 0 saturated heterocycles. The molecular formula is C28H21F3N2O4. The van der Waals surface area contributed by atoms with Crippen LogP contribution in [0.2, 0.25) is 0 Å². The second-order valence-corrected chi connectivity index (χ2v) is 7.84. The maximum Gasteiger partial charge on any atom is 0.416 e. The van der Waals surface area contributed by atoms with Crippen molar-refractivity contribution in [3.05, 3.63) is 108 Å². The summed E-state index contributed by atoms with van der Waals surface area (Å²) >= 11 is 0. The summed E-state index contributed by atoms with van der Waals surface area (Å²) in [6.07, 6.45) is -3.29. The number of ether oxygens (including phenoxy) is 2. The van der Waals surface area contributed by atoms with Crippen LogP contribution in [-0.4, -0.2) is 31.3 Å². The molecule has 188 valence electrons. The number of carbonyl (C=O) groups excluding carboxylic acids is 2. The van der Waals surface area contributed by atoms with Gasteiger partial charge in [-0.3, -0.25) is 4.79 Å². The van der Waals surface area contributed by atoms with E-state index in [2.05, 4.69) is 5.10 Å². The fourth-order valence-electron chi connectivity index (χ4n) is 3.46. The van der Waals surface area contributed by atoms with E-state index in [1.165, 1.54) is 18.3 Å². The van der Waals surface area contributed by atoms with E-state index in [1.807, 2.05) is 30.3 Å². The molecule has 0 aliphatic carbocycles. The molecule has 4 aromatic carbocycles. The number of halogens is 3. The van der Waals surface area contributed by atoms with E-state index in [9.17, 15) is 22.8 Å². The van der Waals surface area contributed by atoms with E-state index in [0.29, 0.717) is 11.3 Å². The van der Waals surface area contributed by atoms with Crippen molar-refractivity contribution in [2.75, 3.05) is 18.2 Å². The third-order valence-electron chi connectivity index (χ3n) is 5.23. The Balaban J connectivity index is 1.45. The first kappa shape index (κ1) is 25.4. The molecule has 0 N–H and O–H groups in total. The highest BCUT2D eigenvalue weighted by atomic mass is 19.4. The average Bonchev–Trinajstić information content (AvgIpc) is 2.91. The summed E-state index contributed by atoms with van der Waals surface area (Å²) in [6, 6.07) is 25.7. The predicted molar refractivity (Wildman–Crippen MR) is 133 cm³/mol. The monoisotopic (exact) mass is 506 g/mol. The van der Waals surface area contributed by atoms with Crippen LogP contribution in [0.25, 0.3) is 10.8 Å². The van der Waals surface area contributed by atoms with Gasteiger partial charge >= 0.3 is 12.1 Å². The molecule has 0 bridgehead atoms. The number of hydrogen-bond donors (Lipinski definition) is 0. The third kappa shape index (κ3) is 6.72. The Morgan fingerprint density at radius 2 is 1.54 bits per heavy atom. The molecule has 0 atom stereocenters. The minimum absolute atomic E-state index is 0.130. The molecule has 0 fully saturated rings.